The van der Waals surface area contributed by atoms with Crippen molar-refractivity contribution < 1.29 is 14.3 Å². The van der Waals surface area contributed by atoms with Crippen molar-refractivity contribution in [3.05, 3.63) is 17.2 Å². The van der Waals surface area contributed by atoms with Gasteiger partial charge in [0.25, 0.3) is 0 Å². The van der Waals surface area contributed by atoms with Gasteiger partial charge in [0.1, 0.15) is 0 Å². The molecule has 0 fully saturated rings. The quantitative estimate of drug-likeness (QED) is 0.659. The lowest BCUT2D eigenvalue weighted by atomic mass is 10.2. The van der Waals surface area contributed by atoms with Gasteiger partial charge in [-0.2, -0.15) is 0 Å². The summed E-state index contributed by atoms with van der Waals surface area (Å²) in [5, 5.41) is 4.74. The van der Waals surface area contributed by atoms with E-state index in [-0.39, 0.29) is 5.91 Å². The highest BCUT2D eigenvalue weighted by Gasteiger charge is 2.15. The SMILES string of the molecule is CC=C(C(=O)OCC)c1csc(NC(C)=O)n1. The summed E-state index contributed by atoms with van der Waals surface area (Å²) >= 11 is 1.27. The van der Waals surface area contributed by atoms with Crippen LogP contribution in [-0.4, -0.2) is 23.5 Å². The Morgan fingerprint density at radius 3 is 2.82 bits per heavy atom. The summed E-state index contributed by atoms with van der Waals surface area (Å²) in [6, 6.07) is 0. The number of hydrogen-bond donors (Lipinski definition) is 1. The molecular weight excluding hydrogens is 240 g/mol. The third-order valence-electron chi connectivity index (χ3n) is 1.85. The summed E-state index contributed by atoms with van der Waals surface area (Å²) in [6.07, 6.45) is 1.64. The normalized spacial score (nSPS) is 11.1. The molecule has 0 radical (unpaired) electrons. The maximum Gasteiger partial charge on any atom is 0.340 e. The first kappa shape index (κ1) is 13.4. The average molecular weight is 254 g/mol. The maximum atomic E-state index is 11.6. The average Bonchev–Trinajstić information content (AvgIpc) is 2.67. The first-order valence-electron chi connectivity index (χ1n) is 5.15. The highest BCUT2D eigenvalue weighted by molar-refractivity contribution is 7.14. The molecule has 0 saturated carbocycles. The van der Waals surface area contributed by atoms with Gasteiger partial charge in [-0.1, -0.05) is 6.08 Å². The van der Waals surface area contributed by atoms with Gasteiger partial charge in [0.05, 0.1) is 17.9 Å². The molecule has 1 aromatic heterocycles. The van der Waals surface area contributed by atoms with Crippen molar-refractivity contribution in [2.75, 3.05) is 11.9 Å². The number of esters is 1. The molecular formula is C11H14N2O3S. The Labute approximate surface area is 104 Å². The topological polar surface area (TPSA) is 68.3 Å². The summed E-state index contributed by atoms with van der Waals surface area (Å²) < 4.78 is 4.91. The van der Waals surface area contributed by atoms with Crippen LogP contribution in [0.3, 0.4) is 0 Å². The van der Waals surface area contributed by atoms with Gasteiger partial charge in [-0.05, 0) is 13.8 Å². The van der Waals surface area contributed by atoms with Gasteiger partial charge < -0.3 is 10.1 Å². The van der Waals surface area contributed by atoms with E-state index in [0.29, 0.717) is 23.0 Å². The zero-order valence-corrected chi connectivity index (χ0v) is 10.8. The van der Waals surface area contributed by atoms with E-state index in [1.165, 1.54) is 18.3 Å². The van der Waals surface area contributed by atoms with E-state index in [0.717, 1.165) is 0 Å². The number of aromatic nitrogens is 1. The van der Waals surface area contributed by atoms with Gasteiger partial charge in [-0.3, -0.25) is 4.79 Å². The molecule has 0 spiro atoms. The van der Waals surface area contributed by atoms with Crippen LogP contribution in [-0.2, 0) is 14.3 Å². The summed E-state index contributed by atoms with van der Waals surface area (Å²) in [7, 11) is 0. The van der Waals surface area contributed by atoms with E-state index in [2.05, 4.69) is 10.3 Å². The van der Waals surface area contributed by atoms with E-state index in [1.807, 2.05) is 0 Å². The zero-order valence-electron chi connectivity index (χ0n) is 9.94. The number of anilines is 1. The van der Waals surface area contributed by atoms with Crippen LogP contribution in [0, 0.1) is 0 Å². The fraction of sp³-hybridized carbons (Fsp3) is 0.364. The van der Waals surface area contributed by atoms with Crippen LogP contribution < -0.4 is 5.32 Å². The zero-order chi connectivity index (χ0) is 12.8. The summed E-state index contributed by atoms with van der Waals surface area (Å²) in [5.74, 6) is -0.598. The van der Waals surface area contributed by atoms with Crippen LogP contribution in [0.1, 0.15) is 26.5 Å². The second-order valence-corrected chi connectivity index (χ2v) is 4.00. The van der Waals surface area contributed by atoms with Crippen molar-refractivity contribution in [2.45, 2.75) is 20.8 Å². The number of carbonyl (C=O) groups excluding carboxylic acids is 2. The molecule has 17 heavy (non-hydrogen) atoms. The van der Waals surface area contributed by atoms with Crippen LogP contribution in [0.4, 0.5) is 5.13 Å². The number of nitrogens with one attached hydrogen (secondary N) is 1. The maximum absolute atomic E-state index is 11.6. The van der Waals surface area contributed by atoms with Crippen LogP contribution in [0.2, 0.25) is 0 Å². The second-order valence-electron chi connectivity index (χ2n) is 3.14. The summed E-state index contributed by atoms with van der Waals surface area (Å²) in [4.78, 5) is 26.6. The minimum absolute atomic E-state index is 0.191. The van der Waals surface area contributed by atoms with Gasteiger partial charge in [0, 0.05) is 12.3 Å². The molecule has 6 heteroatoms. The van der Waals surface area contributed by atoms with Crippen molar-refractivity contribution >= 4 is 33.9 Å². The minimum atomic E-state index is -0.408. The van der Waals surface area contributed by atoms with Crippen molar-refractivity contribution in [2.24, 2.45) is 0 Å². The smallest absolute Gasteiger partial charge is 0.340 e. The molecule has 92 valence electrons. The molecule has 0 aliphatic rings. The summed E-state index contributed by atoms with van der Waals surface area (Å²) in [6.45, 7) is 5.21. The minimum Gasteiger partial charge on any atom is -0.462 e. The monoisotopic (exact) mass is 254 g/mol. The third-order valence-corrected chi connectivity index (χ3v) is 2.60. The van der Waals surface area contributed by atoms with Crippen LogP contribution >= 0.6 is 11.3 Å². The number of allylic oxidation sites excluding steroid dienone is 1. The Morgan fingerprint density at radius 1 is 1.59 bits per heavy atom. The Morgan fingerprint density at radius 2 is 2.29 bits per heavy atom. The lowest BCUT2D eigenvalue weighted by molar-refractivity contribution is -0.136. The lowest BCUT2D eigenvalue weighted by Crippen LogP contribution is -2.08. The van der Waals surface area contributed by atoms with Crippen molar-refractivity contribution in [3.8, 4) is 0 Å². The first-order valence-corrected chi connectivity index (χ1v) is 6.03. The predicted molar refractivity (Wildman–Crippen MR) is 66.7 cm³/mol. The Bertz CT molecular complexity index is 451. The number of thiazole rings is 1. The molecule has 1 rings (SSSR count). The molecule has 1 N–H and O–H groups in total. The van der Waals surface area contributed by atoms with Gasteiger partial charge in [-0.25, -0.2) is 9.78 Å². The molecule has 0 saturated heterocycles. The molecule has 5 nitrogen and oxygen atoms in total. The van der Waals surface area contributed by atoms with E-state index in [1.54, 1.807) is 25.3 Å². The molecule has 0 atom stereocenters. The Kier molecular flexibility index (Phi) is 4.84. The molecule has 0 aliphatic heterocycles. The number of hydrogen-bond acceptors (Lipinski definition) is 5. The van der Waals surface area contributed by atoms with E-state index in [9.17, 15) is 9.59 Å². The lowest BCUT2D eigenvalue weighted by Gasteiger charge is -2.02. The van der Waals surface area contributed by atoms with Crippen LogP contribution in [0.15, 0.2) is 11.5 Å². The van der Waals surface area contributed by atoms with Crippen molar-refractivity contribution in [1.29, 1.82) is 0 Å². The van der Waals surface area contributed by atoms with Gasteiger partial charge >= 0.3 is 5.97 Å². The van der Waals surface area contributed by atoms with Gasteiger partial charge in [0.2, 0.25) is 5.91 Å². The number of carbonyl (C=O) groups is 2. The highest BCUT2D eigenvalue weighted by Crippen LogP contribution is 2.22. The molecule has 0 unspecified atom stereocenters. The number of ether oxygens (including phenoxy) is 1. The third kappa shape index (κ3) is 3.67. The number of rotatable bonds is 4. The number of amides is 1. The largest absolute Gasteiger partial charge is 0.462 e. The molecule has 1 amide bonds. The predicted octanol–water partition coefficient (Wildman–Crippen LogP) is 2.07. The Hall–Kier alpha value is -1.69. The highest BCUT2D eigenvalue weighted by atomic mass is 32.1. The Balaban J connectivity index is 2.87. The van der Waals surface area contributed by atoms with E-state index < -0.39 is 5.97 Å². The van der Waals surface area contributed by atoms with Crippen molar-refractivity contribution in [1.82, 2.24) is 4.98 Å². The molecule has 1 heterocycles. The van der Waals surface area contributed by atoms with E-state index >= 15 is 0 Å². The molecule has 0 bridgehead atoms. The fourth-order valence-electron chi connectivity index (χ4n) is 1.18. The molecule has 0 aromatic carbocycles. The number of nitrogens with zero attached hydrogens (tertiary/aromatic N) is 1. The second kappa shape index (κ2) is 6.15. The van der Waals surface area contributed by atoms with Gasteiger partial charge in [-0.15, -0.1) is 11.3 Å². The van der Waals surface area contributed by atoms with E-state index in [4.69, 9.17) is 4.74 Å². The van der Waals surface area contributed by atoms with Crippen LogP contribution in [0.25, 0.3) is 5.57 Å². The summed E-state index contributed by atoms with van der Waals surface area (Å²) in [5.41, 5.74) is 0.916. The fourth-order valence-corrected chi connectivity index (χ4v) is 1.94. The molecule has 0 aliphatic carbocycles. The van der Waals surface area contributed by atoms with Crippen LogP contribution in [0.5, 0.6) is 0 Å². The van der Waals surface area contributed by atoms with Crippen molar-refractivity contribution in [3.63, 3.8) is 0 Å². The van der Waals surface area contributed by atoms with Gasteiger partial charge in [0.15, 0.2) is 5.13 Å². The standard InChI is InChI=1S/C11H14N2O3S/c1-4-8(10(15)16-5-2)9-6-17-11(13-9)12-7(3)14/h4,6H,5H2,1-3H3,(H,12,13,14). The molecule has 1 aromatic rings. The first-order chi connectivity index (χ1) is 8.08.